The number of nitrogens with one attached hydrogen (secondary N) is 1. The first kappa shape index (κ1) is 25.0. The first-order chi connectivity index (χ1) is 11.5. The Bertz CT molecular complexity index is 550. The maximum Gasteiger partial charge on any atom is 0.308 e. The van der Waals surface area contributed by atoms with Gasteiger partial charge in [0.15, 0.2) is 11.5 Å². The van der Waals surface area contributed by atoms with Crippen molar-refractivity contribution in [3.63, 3.8) is 0 Å². The molecule has 1 heterocycles. The minimum atomic E-state index is -0.334. The second kappa shape index (κ2) is 12.4. The highest BCUT2D eigenvalue weighted by Gasteiger charge is 2.23. The van der Waals surface area contributed by atoms with Crippen LogP contribution in [-0.4, -0.2) is 44.2 Å². The number of benzene rings is 1. The maximum atomic E-state index is 11.2. The van der Waals surface area contributed by atoms with Gasteiger partial charge >= 0.3 is 5.97 Å². The molecule has 1 aromatic carbocycles. The first-order valence-electron chi connectivity index (χ1n) is 8.82. The summed E-state index contributed by atoms with van der Waals surface area (Å²) >= 11 is 0. The molecule has 0 aliphatic carbocycles. The fourth-order valence-corrected chi connectivity index (χ4v) is 3.18. The number of carbonyl (C=O) groups is 1. The van der Waals surface area contributed by atoms with Gasteiger partial charge < -0.3 is 14.8 Å². The molecule has 1 N–H and O–H groups in total. The molecule has 1 aliphatic heterocycles. The average molecular weight is 407 g/mol. The van der Waals surface area contributed by atoms with Crippen LogP contribution >= 0.6 is 24.8 Å². The molecule has 1 aliphatic rings. The number of hydrogen-bond acceptors (Lipinski definition) is 5. The van der Waals surface area contributed by atoms with E-state index in [1.54, 1.807) is 7.11 Å². The van der Waals surface area contributed by atoms with Gasteiger partial charge in [0.25, 0.3) is 0 Å². The molecule has 150 valence electrons. The van der Waals surface area contributed by atoms with Crippen LogP contribution in [0.5, 0.6) is 11.5 Å². The van der Waals surface area contributed by atoms with Gasteiger partial charge in [-0.1, -0.05) is 19.9 Å². The van der Waals surface area contributed by atoms with Crippen LogP contribution in [-0.2, 0) is 4.79 Å². The van der Waals surface area contributed by atoms with Gasteiger partial charge in [0.2, 0.25) is 0 Å². The average Bonchev–Trinajstić information content (AvgIpc) is 2.56. The van der Waals surface area contributed by atoms with Crippen LogP contribution in [0.15, 0.2) is 18.2 Å². The minimum Gasteiger partial charge on any atom is -0.493 e. The second-order valence-electron chi connectivity index (χ2n) is 6.78. The van der Waals surface area contributed by atoms with Gasteiger partial charge in [0.1, 0.15) is 0 Å². The first-order valence-corrected chi connectivity index (χ1v) is 8.82. The summed E-state index contributed by atoms with van der Waals surface area (Å²) in [5, 5.41) is 3.42. The van der Waals surface area contributed by atoms with Crippen LogP contribution in [0.25, 0.3) is 0 Å². The Hall–Kier alpha value is -1.01. The lowest BCUT2D eigenvalue weighted by Gasteiger charge is -2.36. The zero-order valence-electron chi connectivity index (χ0n) is 16.1. The van der Waals surface area contributed by atoms with Crippen molar-refractivity contribution in [2.45, 2.75) is 39.7 Å². The van der Waals surface area contributed by atoms with Crippen molar-refractivity contribution >= 4 is 30.8 Å². The molecule has 0 amide bonds. The van der Waals surface area contributed by atoms with E-state index in [-0.39, 0.29) is 30.8 Å². The van der Waals surface area contributed by atoms with Crippen molar-refractivity contribution in [2.75, 3.05) is 33.3 Å². The van der Waals surface area contributed by atoms with E-state index in [1.807, 2.05) is 12.1 Å². The smallest absolute Gasteiger partial charge is 0.308 e. The van der Waals surface area contributed by atoms with E-state index < -0.39 is 0 Å². The number of ether oxygens (including phenoxy) is 2. The molecule has 0 saturated carbocycles. The predicted octanol–water partition coefficient (Wildman–Crippen LogP) is 3.85. The van der Waals surface area contributed by atoms with Crippen LogP contribution in [0.2, 0.25) is 0 Å². The number of hydrogen-bond donors (Lipinski definition) is 1. The van der Waals surface area contributed by atoms with E-state index in [0.717, 1.165) is 32.6 Å². The fraction of sp³-hybridized carbons (Fsp3) is 0.632. The summed E-state index contributed by atoms with van der Waals surface area (Å²) in [7, 11) is 1.61. The Labute approximate surface area is 169 Å². The van der Waals surface area contributed by atoms with Crippen molar-refractivity contribution < 1.29 is 14.3 Å². The van der Waals surface area contributed by atoms with Crippen LogP contribution in [0, 0.1) is 5.92 Å². The quantitative estimate of drug-likeness (QED) is 0.550. The standard InChI is InChI=1S/C19H30N2O3.2ClH/c1-14(2)5-7-17(21-11-9-20-10-12-21)16-6-8-18(24-15(3)22)19(13-16)23-4;;/h6,8,13-14,17,20H,5,7,9-12H2,1-4H3;2*1H/t17-;;/m0../s1. The molecule has 0 aromatic heterocycles. The molecule has 26 heavy (non-hydrogen) atoms. The Kier molecular flexibility index (Phi) is 11.9. The zero-order chi connectivity index (χ0) is 17.5. The molecule has 1 atom stereocenters. The number of methoxy groups -OCH3 is 1. The number of nitrogens with zero attached hydrogens (tertiary/aromatic N) is 1. The molecule has 1 fully saturated rings. The lowest BCUT2D eigenvalue weighted by molar-refractivity contribution is -0.132. The molecule has 0 radical (unpaired) electrons. The Morgan fingerprint density at radius 1 is 1.15 bits per heavy atom. The summed E-state index contributed by atoms with van der Waals surface area (Å²) in [6.07, 6.45) is 2.30. The van der Waals surface area contributed by atoms with Crippen molar-refractivity contribution in [2.24, 2.45) is 5.92 Å². The third kappa shape index (κ3) is 7.31. The lowest BCUT2D eigenvalue weighted by atomic mass is 9.95. The van der Waals surface area contributed by atoms with Crippen molar-refractivity contribution in [3.8, 4) is 11.5 Å². The van der Waals surface area contributed by atoms with E-state index in [4.69, 9.17) is 9.47 Å². The van der Waals surface area contributed by atoms with Crippen LogP contribution in [0.4, 0.5) is 0 Å². The van der Waals surface area contributed by atoms with E-state index >= 15 is 0 Å². The SMILES string of the molecule is COc1cc([C@H](CCC(C)C)N2CCNCC2)ccc1OC(C)=O.Cl.Cl. The molecule has 2 rings (SSSR count). The van der Waals surface area contributed by atoms with Gasteiger partial charge in [-0.05, 0) is 36.5 Å². The fourth-order valence-electron chi connectivity index (χ4n) is 3.18. The van der Waals surface area contributed by atoms with Gasteiger partial charge in [-0.15, -0.1) is 24.8 Å². The van der Waals surface area contributed by atoms with Gasteiger partial charge in [-0.3, -0.25) is 9.69 Å². The predicted molar refractivity (Wildman–Crippen MR) is 110 cm³/mol. The number of halogens is 2. The summed E-state index contributed by atoms with van der Waals surface area (Å²) in [6, 6.07) is 6.30. The number of rotatable bonds is 7. The van der Waals surface area contributed by atoms with Crippen molar-refractivity contribution in [1.82, 2.24) is 10.2 Å². The molecule has 1 aromatic rings. The second-order valence-corrected chi connectivity index (χ2v) is 6.78. The highest BCUT2D eigenvalue weighted by atomic mass is 35.5. The maximum absolute atomic E-state index is 11.2. The normalized spacial score (nSPS) is 15.6. The molecular weight excluding hydrogens is 375 g/mol. The van der Waals surface area contributed by atoms with Gasteiger partial charge in [0.05, 0.1) is 7.11 Å². The lowest BCUT2D eigenvalue weighted by Crippen LogP contribution is -2.45. The molecular formula is C19H32Cl2N2O3. The van der Waals surface area contributed by atoms with Gasteiger partial charge in [-0.25, -0.2) is 0 Å². The summed E-state index contributed by atoms with van der Waals surface area (Å²) in [4.78, 5) is 13.8. The Balaban J connectivity index is 0.00000312. The summed E-state index contributed by atoms with van der Waals surface area (Å²) in [5.41, 5.74) is 1.23. The molecule has 0 bridgehead atoms. The minimum absolute atomic E-state index is 0. The summed E-state index contributed by atoms with van der Waals surface area (Å²) in [6.45, 7) is 10.1. The molecule has 7 heteroatoms. The zero-order valence-corrected chi connectivity index (χ0v) is 17.8. The van der Waals surface area contributed by atoms with E-state index in [1.165, 1.54) is 18.9 Å². The summed E-state index contributed by atoms with van der Waals surface area (Å²) in [5.74, 6) is 1.45. The molecule has 1 saturated heterocycles. The van der Waals surface area contributed by atoms with Crippen LogP contribution in [0.1, 0.15) is 45.2 Å². The van der Waals surface area contributed by atoms with Crippen LogP contribution in [0.3, 0.4) is 0 Å². The number of carbonyl (C=O) groups excluding carboxylic acids is 1. The Morgan fingerprint density at radius 2 is 1.81 bits per heavy atom. The van der Waals surface area contributed by atoms with E-state index in [0.29, 0.717) is 23.5 Å². The van der Waals surface area contributed by atoms with Gasteiger partial charge in [-0.2, -0.15) is 0 Å². The summed E-state index contributed by atoms with van der Waals surface area (Å²) < 4.78 is 10.7. The highest BCUT2D eigenvalue weighted by molar-refractivity contribution is 5.85. The topological polar surface area (TPSA) is 50.8 Å². The largest absolute Gasteiger partial charge is 0.493 e. The van der Waals surface area contributed by atoms with Crippen molar-refractivity contribution in [1.29, 1.82) is 0 Å². The van der Waals surface area contributed by atoms with E-state index in [2.05, 4.69) is 30.1 Å². The van der Waals surface area contributed by atoms with Gasteiger partial charge in [0, 0.05) is 39.1 Å². The molecule has 0 unspecified atom stereocenters. The number of piperazine rings is 1. The number of esters is 1. The molecule has 0 spiro atoms. The molecule has 5 nitrogen and oxygen atoms in total. The highest BCUT2D eigenvalue weighted by Crippen LogP contribution is 2.35. The third-order valence-electron chi connectivity index (χ3n) is 4.44. The van der Waals surface area contributed by atoms with Crippen molar-refractivity contribution in [3.05, 3.63) is 23.8 Å². The van der Waals surface area contributed by atoms with Crippen LogP contribution < -0.4 is 14.8 Å². The van der Waals surface area contributed by atoms with E-state index in [9.17, 15) is 4.79 Å². The monoisotopic (exact) mass is 406 g/mol. The Morgan fingerprint density at radius 3 is 2.35 bits per heavy atom. The third-order valence-corrected chi connectivity index (χ3v) is 4.44.